The standard InChI is InChI=1S/2C13H16BF3O3/c2*1-11(2)12(3,4)20-14(19-11)9-5-8(13(15,16)17)6-10(18)7-9/h2*5-7,18H,1-4H3. The summed E-state index contributed by atoms with van der Waals surface area (Å²) in [6.07, 6.45) is -9.06. The van der Waals surface area contributed by atoms with Crippen LogP contribution < -0.4 is 10.9 Å². The molecule has 0 aromatic heterocycles. The fourth-order valence-electron chi connectivity index (χ4n) is 3.83. The van der Waals surface area contributed by atoms with Gasteiger partial charge in [0.05, 0.1) is 33.5 Å². The summed E-state index contributed by atoms with van der Waals surface area (Å²) in [5.41, 5.74) is -4.16. The van der Waals surface area contributed by atoms with Crippen LogP contribution in [0.5, 0.6) is 11.5 Å². The van der Waals surface area contributed by atoms with E-state index in [0.717, 1.165) is 12.1 Å². The third kappa shape index (κ3) is 6.72. The third-order valence-electron chi connectivity index (χ3n) is 7.59. The zero-order chi connectivity index (χ0) is 30.7. The first-order chi connectivity index (χ1) is 17.8. The average molecular weight is 576 g/mol. The molecule has 0 amide bonds. The number of phenols is 2. The van der Waals surface area contributed by atoms with Gasteiger partial charge in [0, 0.05) is 0 Å². The van der Waals surface area contributed by atoms with Gasteiger partial charge in [-0.25, -0.2) is 0 Å². The number of aromatic hydroxyl groups is 2. The molecule has 2 N–H and O–H groups in total. The first kappa shape index (κ1) is 32.1. The van der Waals surface area contributed by atoms with Crippen LogP contribution in [0.25, 0.3) is 0 Å². The van der Waals surface area contributed by atoms with Gasteiger partial charge >= 0.3 is 26.6 Å². The van der Waals surface area contributed by atoms with Crippen molar-refractivity contribution in [3.05, 3.63) is 47.5 Å². The number of alkyl halides is 6. The molecule has 0 radical (unpaired) electrons. The predicted molar refractivity (Wildman–Crippen MR) is 138 cm³/mol. The van der Waals surface area contributed by atoms with Gasteiger partial charge in [-0.3, -0.25) is 0 Å². The molecule has 2 saturated heterocycles. The van der Waals surface area contributed by atoms with Gasteiger partial charge in [-0.05, 0) is 103 Å². The zero-order valence-corrected chi connectivity index (χ0v) is 23.4. The Hall–Kier alpha value is -2.41. The monoisotopic (exact) mass is 576 g/mol. The highest BCUT2D eigenvalue weighted by Crippen LogP contribution is 2.39. The van der Waals surface area contributed by atoms with E-state index >= 15 is 0 Å². The highest BCUT2D eigenvalue weighted by atomic mass is 19.4. The maximum Gasteiger partial charge on any atom is 0.494 e. The van der Waals surface area contributed by atoms with E-state index in [1.54, 1.807) is 55.4 Å². The van der Waals surface area contributed by atoms with Crippen molar-refractivity contribution in [2.75, 3.05) is 0 Å². The highest BCUT2D eigenvalue weighted by Gasteiger charge is 2.53. The van der Waals surface area contributed by atoms with Crippen molar-refractivity contribution in [1.29, 1.82) is 0 Å². The second kappa shape index (κ2) is 10.1. The average Bonchev–Trinajstić information content (AvgIpc) is 3.12. The Morgan fingerprint density at radius 1 is 0.500 bits per heavy atom. The van der Waals surface area contributed by atoms with Crippen molar-refractivity contribution in [1.82, 2.24) is 0 Å². The predicted octanol–water partition coefficient (Wildman–Crippen LogP) is 5.42. The Balaban J connectivity index is 0.000000220. The van der Waals surface area contributed by atoms with E-state index in [9.17, 15) is 36.6 Å². The maximum absolute atomic E-state index is 12.7. The molecule has 0 aliphatic carbocycles. The molecule has 220 valence electrons. The van der Waals surface area contributed by atoms with Gasteiger partial charge in [0.15, 0.2) is 0 Å². The van der Waals surface area contributed by atoms with Crippen molar-refractivity contribution in [3.63, 3.8) is 0 Å². The van der Waals surface area contributed by atoms with Crippen LogP contribution in [-0.4, -0.2) is 46.9 Å². The number of phenolic OH excluding ortho intramolecular Hbond substituents is 2. The zero-order valence-electron chi connectivity index (χ0n) is 23.4. The number of rotatable bonds is 2. The van der Waals surface area contributed by atoms with Crippen molar-refractivity contribution >= 4 is 25.2 Å². The minimum Gasteiger partial charge on any atom is -0.508 e. The maximum atomic E-state index is 12.7. The SMILES string of the molecule is CC1(C)OB(c2cc(O)cc(C(F)(F)F)c2)OC1(C)C.CC1(C)OB(c2cc(O)cc(C(F)(F)F)c2)OC1(C)C. The van der Waals surface area contributed by atoms with Gasteiger partial charge in [0.25, 0.3) is 0 Å². The second-order valence-corrected chi connectivity index (χ2v) is 11.8. The van der Waals surface area contributed by atoms with Gasteiger partial charge in [-0.1, -0.05) is 0 Å². The molecule has 2 aromatic carbocycles. The minimum absolute atomic E-state index is 0.149. The summed E-state index contributed by atoms with van der Waals surface area (Å²) in [4.78, 5) is 0. The quantitative estimate of drug-likeness (QED) is 0.368. The minimum atomic E-state index is -4.53. The van der Waals surface area contributed by atoms with Crippen molar-refractivity contribution in [2.45, 2.75) is 90.1 Å². The number of halogens is 6. The normalized spacial score (nSPS) is 21.2. The van der Waals surface area contributed by atoms with Crippen LogP contribution in [0.3, 0.4) is 0 Å². The number of benzene rings is 2. The second-order valence-electron chi connectivity index (χ2n) is 11.8. The Bertz CT molecular complexity index is 1120. The lowest BCUT2D eigenvalue weighted by atomic mass is 9.78. The smallest absolute Gasteiger partial charge is 0.494 e. The van der Waals surface area contributed by atoms with Crippen LogP contribution in [0.15, 0.2) is 36.4 Å². The van der Waals surface area contributed by atoms with Crippen molar-refractivity contribution in [2.24, 2.45) is 0 Å². The molecule has 0 spiro atoms. The Kier molecular flexibility index (Phi) is 8.14. The first-order valence-corrected chi connectivity index (χ1v) is 12.4. The first-order valence-electron chi connectivity index (χ1n) is 12.4. The number of hydrogen-bond acceptors (Lipinski definition) is 6. The Morgan fingerprint density at radius 2 is 0.750 bits per heavy atom. The van der Waals surface area contributed by atoms with Gasteiger partial charge in [0.1, 0.15) is 11.5 Å². The van der Waals surface area contributed by atoms with Gasteiger partial charge in [-0.2, -0.15) is 26.3 Å². The summed E-state index contributed by atoms with van der Waals surface area (Å²) in [7, 11) is -1.87. The van der Waals surface area contributed by atoms with Crippen LogP contribution in [0.1, 0.15) is 66.5 Å². The molecule has 2 aliphatic heterocycles. The summed E-state index contributed by atoms with van der Waals surface area (Å²) < 4.78 is 99.2. The van der Waals surface area contributed by atoms with E-state index in [1.165, 1.54) is 12.1 Å². The number of hydrogen-bond donors (Lipinski definition) is 2. The van der Waals surface area contributed by atoms with E-state index in [1.807, 2.05) is 0 Å². The van der Waals surface area contributed by atoms with Crippen LogP contribution in [0.2, 0.25) is 0 Å². The molecule has 2 fully saturated rings. The molecule has 0 unspecified atom stereocenters. The molecule has 2 heterocycles. The fraction of sp³-hybridized carbons (Fsp3) is 0.538. The van der Waals surface area contributed by atoms with Crippen LogP contribution in [-0.2, 0) is 31.0 Å². The Morgan fingerprint density at radius 3 is 0.975 bits per heavy atom. The molecule has 4 rings (SSSR count). The molecule has 2 aromatic rings. The summed E-state index contributed by atoms with van der Waals surface area (Å²) in [6, 6.07) is 5.65. The van der Waals surface area contributed by atoms with E-state index in [0.29, 0.717) is 12.1 Å². The largest absolute Gasteiger partial charge is 0.508 e. The molecule has 6 nitrogen and oxygen atoms in total. The highest BCUT2D eigenvalue weighted by molar-refractivity contribution is 6.62. The van der Waals surface area contributed by atoms with Crippen LogP contribution in [0, 0.1) is 0 Å². The molecular weight excluding hydrogens is 544 g/mol. The lowest BCUT2D eigenvalue weighted by Gasteiger charge is -2.32. The fourth-order valence-corrected chi connectivity index (χ4v) is 3.83. The van der Waals surface area contributed by atoms with Gasteiger partial charge in [0.2, 0.25) is 0 Å². The molecule has 40 heavy (non-hydrogen) atoms. The topological polar surface area (TPSA) is 77.4 Å². The summed E-state index contributed by atoms with van der Waals surface area (Å²) in [6.45, 7) is 14.4. The lowest BCUT2D eigenvalue weighted by Crippen LogP contribution is -2.41. The Labute approximate surface area is 229 Å². The molecule has 0 bridgehead atoms. The lowest BCUT2D eigenvalue weighted by molar-refractivity contribution is -0.138. The summed E-state index contributed by atoms with van der Waals surface area (Å²) in [5.74, 6) is -0.936. The third-order valence-corrected chi connectivity index (χ3v) is 7.59. The van der Waals surface area contributed by atoms with Crippen molar-refractivity contribution in [3.8, 4) is 11.5 Å². The van der Waals surface area contributed by atoms with Crippen LogP contribution in [0.4, 0.5) is 26.3 Å². The van der Waals surface area contributed by atoms with Gasteiger partial charge < -0.3 is 28.8 Å². The van der Waals surface area contributed by atoms with E-state index in [4.69, 9.17) is 18.6 Å². The van der Waals surface area contributed by atoms with Crippen molar-refractivity contribution < 1.29 is 55.2 Å². The molecule has 0 saturated carbocycles. The molecule has 2 aliphatic rings. The van der Waals surface area contributed by atoms with E-state index in [2.05, 4.69) is 0 Å². The van der Waals surface area contributed by atoms with Crippen LogP contribution >= 0.6 is 0 Å². The van der Waals surface area contributed by atoms with Gasteiger partial charge in [-0.15, -0.1) is 0 Å². The molecule has 14 heteroatoms. The molecule has 0 atom stereocenters. The van der Waals surface area contributed by atoms with E-state index < -0.39 is 71.6 Å². The summed E-state index contributed by atoms with van der Waals surface area (Å²) in [5, 5.41) is 18.9. The van der Waals surface area contributed by atoms with E-state index in [-0.39, 0.29) is 10.9 Å². The molecular formula is C26H32B2F6O6. The summed E-state index contributed by atoms with van der Waals surface area (Å²) >= 11 is 0.